The zero-order valence-electron chi connectivity index (χ0n) is 10.7. The first kappa shape index (κ1) is 14.4. The fourth-order valence-corrected chi connectivity index (χ4v) is 2.03. The van der Waals surface area contributed by atoms with Crippen LogP contribution >= 0.6 is 15.9 Å². The van der Waals surface area contributed by atoms with Gasteiger partial charge in [-0.2, -0.15) is 0 Å². The molecular formula is C14H19BrO2. The number of benzene rings is 1. The van der Waals surface area contributed by atoms with Crippen LogP contribution in [0.1, 0.15) is 38.1 Å². The number of aliphatic hydroxyl groups is 1. The second kappa shape index (κ2) is 5.32. The summed E-state index contributed by atoms with van der Waals surface area (Å²) in [5.74, 6) is -0.406. The number of Topliss-reactive ketones (excluding diaryl/α,β-unsaturated/α-hetero) is 1. The van der Waals surface area contributed by atoms with E-state index >= 15 is 0 Å². The van der Waals surface area contributed by atoms with Gasteiger partial charge in [0.05, 0.1) is 6.10 Å². The summed E-state index contributed by atoms with van der Waals surface area (Å²) in [7, 11) is 0. The molecule has 3 heteroatoms. The molecule has 0 fully saturated rings. The Hall–Kier alpha value is -0.670. The molecule has 0 radical (unpaired) electrons. The number of aliphatic hydroxyl groups excluding tert-OH is 1. The maximum atomic E-state index is 12.2. The normalized spacial score (nSPS) is 15.4. The summed E-state index contributed by atoms with van der Waals surface area (Å²) >= 11 is 3.33. The van der Waals surface area contributed by atoms with Gasteiger partial charge in [0.15, 0.2) is 5.78 Å². The minimum absolute atomic E-state index is 0.0140. The predicted molar refractivity (Wildman–Crippen MR) is 73.1 cm³/mol. The number of rotatable bonds is 3. The lowest BCUT2D eigenvalue weighted by Crippen LogP contribution is -2.36. The van der Waals surface area contributed by atoms with Gasteiger partial charge in [-0.3, -0.25) is 4.79 Å². The third kappa shape index (κ3) is 3.65. The molecule has 17 heavy (non-hydrogen) atoms. The Kier molecular flexibility index (Phi) is 4.50. The van der Waals surface area contributed by atoms with Crippen LogP contribution in [0.5, 0.6) is 0 Å². The maximum absolute atomic E-state index is 12.2. The second-order valence-electron chi connectivity index (χ2n) is 5.47. The van der Waals surface area contributed by atoms with Crippen molar-refractivity contribution in [3.05, 3.63) is 34.3 Å². The molecule has 94 valence electrons. The van der Waals surface area contributed by atoms with Crippen LogP contribution < -0.4 is 0 Å². The molecule has 0 saturated heterocycles. The van der Waals surface area contributed by atoms with Gasteiger partial charge in [-0.05, 0) is 17.5 Å². The summed E-state index contributed by atoms with van der Waals surface area (Å²) in [5.41, 5.74) is 0.355. The molecule has 0 bridgehead atoms. The van der Waals surface area contributed by atoms with Crippen LogP contribution in [0, 0.1) is 11.3 Å². The van der Waals surface area contributed by atoms with E-state index in [0.29, 0.717) is 5.56 Å². The Morgan fingerprint density at radius 3 is 2.12 bits per heavy atom. The zero-order chi connectivity index (χ0) is 13.2. The van der Waals surface area contributed by atoms with Gasteiger partial charge in [0.1, 0.15) is 0 Å². The van der Waals surface area contributed by atoms with Crippen molar-refractivity contribution in [2.75, 3.05) is 0 Å². The molecule has 1 N–H and O–H groups in total. The van der Waals surface area contributed by atoms with Crippen LogP contribution in [0.25, 0.3) is 0 Å². The van der Waals surface area contributed by atoms with E-state index in [4.69, 9.17) is 0 Å². The van der Waals surface area contributed by atoms with Crippen molar-refractivity contribution >= 4 is 21.7 Å². The first-order chi connectivity index (χ1) is 7.73. The molecular weight excluding hydrogens is 280 g/mol. The Morgan fingerprint density at radius 2 is 1.71 bits per heavy atom. The van der Waals surface area contributed by atoms with Crippen LogP contribution in [0.4, 0.5) is 0 Å². The van der Waals surface area contributed by atoms with Crippen molar-refractivity contribution in [1.82, 2.24) is 0 Å². The van der Waals surface area contributed by atoms with Gasteiger partial charge < -0.3 is 5.11 Å². The largest absolute Gasteiger partial charge is 0.392 e. The molecule has 1 aromatic rings. The molecule has 0 heterocycles. The molecule has 0 aliphatic carbocycles. The number of carbonyl (C=O) groups excluding carboxylic acids is 1. The first-order valence-corrected chi connectivity index (χ1v) is 6.50. The maximum Gasteiger partial charge on any atom is 0.168 e. The quantitative estimate of drug-likeness (QED) is 0.865. The van der Waals surface area contributed by atoms with Gasteiger partial charge in [0, 0.05) is 16.0 Å². The highest BCUT2D eigenvalue weighted by molar-refractivity contribution is 9.10. The highest BCUT2D eigenvalue weighted by atomic mass is 79.9. The SMILES string of the molecule is CC(C(=O)c1ccc(Br)cc1)C(O)C(C)(C)C. The minimum Gasteiger partial charge on any atom is -0.392 e. The number of hydrogen-bond acceptors (Lipinski definition) is 2. The van der Waals surface area contributed by atoms with Crippen molar-refractivity contribution in [2.45, 2.75) is 33.8 Å². The van der Waals surface area contributed by atoms with Crippen LogP contribution in [-0.2, 0) is 0 Å². The lowest BCUT2D eigenvalue weighted by Gasteiger charge is -2.30. The summed E-state index contributed by atoms with van der Waals surface area (Å²) in [6.45, 7) is 7.58. The van der Waals surface area contributed by atoms with E-state index in [1.165, 1.54) is 0 Å². The fourth-order valence-electron chi connectivity index (χ4n) is 1.77. The second-order valence-corrected chi connectivity index (χ2v) is 6.39. The average Bonchev–Trinajstić information content (AvgIpc) is 2.26. The molecule has 0 amide bonds. The van der Waals surface area contributed by atoms with E-state index in [-0.39, 0.29) is 11.2 Å². The molecule has 0 saturated carbocycles. The molecule has 1 rings (SSSR count). The number of halogens is 1. The van der Waals surface area contributed by atoms with Crippen LogP contribution in [-0.4, -0.2) is 17.0 Å². The van der Waals surface area contributed by atoms with E-state index in [1.54, 1.807) is 19.1 Å². The van der Waals surface area contributed by atoms with Crippen LogP contribution in [0.15, 0.2) is 28.7 Å². The number of hydrogen-bond donors (Lipinski definition) is 1. The van der Waals surface area contributed by atoms with Gasteiger partial charge in [-0.1, -0.05) is 55.8 Å². The highest BCUT2D eigenvalue weighted by Gasteiger charge is 2.32. The van der Waals surface area contributed by atoms with Gasteiger partial charge >= 0.3 is 0 Å². The highest BCUT2D eigenvalue weighted by Crippen LogP contribution is 2.27. The summed E-state index contributed by atoms with van der Waals surface area (Å²) in [6.07, 6.45) is -0.640. The molecule has 0 aromatic heterocycles. The van der Waals surface area contributed by atoms with E-state index in [0.717, 1.165) is 4.47 Å². The van der Waals surface area contributed by atoms with Crippen molar-refractivity contribution in [3.8, 4) is 0 Å². The molecule has 0 aliphatic heterocycles. The minimum atomic E-state index is -0.640. The number of carbonyl (C=O) groups is 1. The van der Waals surface area contributed by atoms with Crippen LogP contribution in [0.3, 0.4) is 0 Å². The van der Waals surface area contributed by atoms with Crippen molar-refractivity contribution in [1.29, 1.82) is 0 Å². The summed E-state index contributed by atoms with van der Waals surface area (Å²) in [5, 5.41) is 10.1. The Morgan fingerprint density at radius 1 is 1.24 bits per heavy atom. The van der Waals surface area contributed by atoms with E-state index < -0.39 is 12.0 Å². The van der Waals surface area contributed by atoms with Crippen molar-refractivity contribution < 1.29 is 9.90 Å². The Bertz CT molecular complexity index is 390. The molecule has 2 atom stereocenters. The summed E-state index contributed by atoms with van der Waals surface area (Å²) in [4.78, 5) is 12.2. The predicted octanol–water partition coefficient (Wildman–Crippen LogP) is 3.67. The third-order valence-corrected chi connectivity index (χ3v) is 3.43. The van der Waals surface area contributed by atoms with Gasteiger partial charge in [0.2, 0.25) is 0 Å². The van der Waals surface area contributed by atoms with E-state index in [1.807, 2.05) is 32.9 Å². The summed E-state index contributed by atoms with van der Waals surface area (Å²) < 4.78 is 0.943. The lowest BCUT2D eigenvalue weighted by molar-refractivity contribution is 0.0194. The molecule has 2 unspecified atom stereocenters. The van der Waals surface area contributed by atoms with E-state index in [2.05, 4.69) is 15.9 Å². The number of ketones is 1. The van der Waals surface area contributed by atoms with Crippen LogP contribution in [0.2, 0.25) is 0 Å². The molecule has 2 nitrogen and oxygen atoms in total. The third-order valence-electron chi connectivity index (χ3n) is 2.90. The van der Waals surface area contributed by atoms with Crippen molar-refractivity contribution in [2.24, 2.45) is 11.3 Å². The lowest BCUT2D eigenvalue weighted by atomic mass is 9.79. The molecule has 0 spiro atoms. The first-order valence-electron chi connectivity index (χ1n) is 5.71. The molecule has 0 aliphatic rings. The average molecular weight is 299 g/mol. The zero-order valence-corrected chi connectivity index (χ0v) is 12.3. The van der Waals surface area contributed by atoms with Gasteiger partial charge in [0.25, 0.3) is 0 Å². The summed E-state index contributed by atoms with van der Waals surface area (Å²) in [6, 6.07) is 7.23. The van der Waals surface area contributed by atoms with E-state index in [9.17, 15) is 9.90 Å². The standard InChI is InChI=1S/C14H19BrO2/c1-9(13(17)14(2,3)4)12(16)10-5-7-11(15)8-6-10/h5-9,13,17H,1-4H3. The fraction of sp³-hybridized carbons (Fsp3) is 0.500. The monoisotopic (exact) mass is 298 g/mol. The Balaban J connectivity index is 2.87. The van der Waals surface area contributed by atoms with Crippen molar-refractivity contribution in [3.63, 3.8) is 0 Å². The Labute approximate surface area is 111 Å². The molecule has 1 aromatic carbocycles. The smallest absolute Gasteiger partial charge is 0.168 e. The van der Waals surface area contributed by atoms with Gasteiger partial charge in [-0.25, -0.2) is 0 Å². The van der Waals surface area contributed by atoms with Gasteiger partial charge in [-0.15, -0.1) is 0 Å². The topological polar surface area (TPSA) is 37.3 Å².